The third-order valence-electron chi connectivity index (χ3n) is 4.33. The summed E-state index contributed by atoms with van der Waals surface area (Å²) in [6.07, 6.45) is 2.12. The highest BCUT2D eigenvalue weighted by Gasteiger charge is 2.16. The summed E-state index contributed by atoms with van der Waals surface area (Å²) in [7, 11) is 0. The van der Waals surface area contributed by atoms with Crippen molar-refractivity contribution in [3.05, 3.63) is 56.0 Å². The molecule has 172 valence electrons. The first-order chi connectivity index (χ1) is 15.3. The van der Waals surface area contributed by atoms with E-state index >= 15 is 0 Å². The highest BCUT2D eigenvalue weighted by atomic mass is 79.9. The van der Waals surface area contributed by atoms with Crippen LogP contribution < -0.4 is 20.2 Å². The van der Waals surface area contributed by atoms with Gasteiger partial charge in [0.05, 0.1) is 17.3 Å². The van der Waals surface area contributed by atoms with E-state index in [0.717, 1.165) is 0 Å². The lowest BCUT2D eigenvalue weighted by molar-refractivity contribution is -0.139. The minimum Gasteiger partial charge on any atom is -0.490 e. The number of hydrogen-bond acceptors (Lipinski definition) is 5. The lowest BCUT2D eigenvalue weighted by Crippen LogP contribution is -2.41. The molecule has 0 saturated heterocycles. The number of ether oxygens (including phenoxy) is 2. The Kier molecular flexibility index (Phi) is 10.3. The number of carbonyl (C=O) groups is 2. The molecule has 0 unspecified atom stereocenters. The van der Waals surface area contributed by atoms with Gasteiger partial charge in [0.1, 0.15) is 6.61 Å². The number of nitrogens with one attached hydrogen (secondary N) is 2. The predicted octanol–water partition coefficient (Wildman–Crippen LogP) is 5.10. The van der Waals surface area contributed by atoms with E-state index < -0.39 is 11.8 Å². The van der Waals surface area contributed by atoms with Crippen molar-refractivity contribution in [2.24, 2.45) is 5.10 Å². The zero-order chi connectivity index (χ0) is 23.7. The molecule has 2 N–H and O–H groups in total. The van der Waals surface area contributed by atoms with Gasteiger partial charge in [-0.25, -0.2) is 5.43 Å². The van der Waals surface area contributed by atoms with Crippen LogP contribution in [0.2, 0.25) is 10.0 Å². The molecule has 2 aromatic rings. The molecule has 32 heavy (non-hydrogen) atoms. The highest BCUT2D eigenvalue weighted by Crippen LogP contribution is 2.38. The first kappa shape index (κ1) is 26.0. The summed E-state index contributed by atoms with van der Waals surface area (Å²) in [5, 5.41) is 7.42. The van der Waals surface area contributed by atoms with Gasteiger partial charge in [-0.2, -0.15) is 5.10 Å². The van der Waals surface area contributed by atoms with Crippen LogP contribution in [-0.2, 0) is 16.2 Å². The van der Waals surface area contributed by atoms with Gasteiger partial charge in [-0.1, -0.05) is 36.2 Å². The van der Waals surface area contributed by atoms with Crippen LogP contribution in [0.5, 0.6) is 11.5 Å². The molecule has 1 atom stereocenters. The molecule has 2 aromatic carbocycles. The van der Waals surface area contributed by atoms with E-state index in [0.29, 0.717) is 50.2 Å². The Bertz CT molecular complexity index is 981. The molecule has 0 aliphatic rings. The molecule has 10 heteroatoms. The third-order valence-corrected chi connectivity index (χ3v) is 5.63. The fraction of sp³-hybridized carbons (Fsp3) is 0.318. The monoisotopic (exact) mass is 543 g/mol. The standard InChI is InChI=1S/C22H24BrCl2N3O4/c1-4-13(3)27-21(29)22(30)28-26-11-14-9-16(23)20(19(10-14)31-5-2)32-12-15-17(24)7-6-8-18(15)25/h6-11,13H,4-5,12H2,1-3H3,(H,27,29)(H,28,30)/b26-11-/t13-/m0/s1. The molecular formula is C22H24BrCl2N3O4. The quantitative estimate of drug-likeness (QED) is 0.261. The number of amides is 2. The van der Waals surface area contributed by atoms with Crippen LogP contribution in [0, 0.1) is 0 Å². The summed E-state index contributed by atoms with van der Waals surface area (Å²) >= 11 is 15.9. The van der Waals surface area contributed by atoms with Crippen molar-refractivity contribution in [3.63, 3.8) is 0 Å². The SMILES string of the molecule is CCOc1cc(/C=N\NC(=O)C(=O)N[C@@H](C)CC)cc(Br)c1OCc1c(Cl)cccc1Cl. The molecule has 0 radical (unpaired) electrons. The van der Waals surface area contributed by atoms with Crippen molar-refractivity contribution in [1.82, 2.24) is 10.7 Å². The number of rotatable bonds is 9. The Morgan fingerprint density at radius 1 is 1.16 bits per heavy atom. The Morgan fingerprint density at radius 2 is 1.84 bits per heavy atom. The molecule has 0 aliphatic carbocycles. The third kappa shape index (κ3) is 7.39. The van der Waals surface area contributed by atoms with Crippen molar-refractivity contribution in [1.29, 1.82) is 0 Å². The van der Waals surface area contributed by atoms with Crippen molar-refractivity contribution >= 4 is 57.2 Å². The van der Waals surface area contributed by atoms with Crippen LogP contribution in [-0.4, -0.2) is 30.7 Å². The zero-order valence-corrected chi connectivity index (χ0v) is 21.0. The van der Waals surface area contributed by atoms with Gasteiger partial charge in [0.2, 0.25) is 0 Å². The summed E-state index contributed by atoms with van der Waals surface area (Å²) < 4.78 is 12.2. The Balaban J connectivity index is 2.13. The molecule has 0 heterocycles. The van der Waals surface area contributed by atoms with Crippen LogP contribution in [0.15, 0.2) is 39.9 Å². The first-order valence-electron chi connectivity index (χ1n) is 9.92. The zero-order valence-electron chi connectivity index (χ0n) is 17.9. The topological polar surface area (TPSA) is 89.0 Å². The number of halogens is 3. The van der Waals surface area contributed by atoms with Gasteiger partial charge in [0.15, 0.2) is 11.5 Å². The van der Waals surface area contributed by atoms with E-state index in [2.05, 4.69) is 31.8 Å². The van der Waals surface area contributed by atoms with E-state index in [4.69, 9.17) is 32.7 Å². The predicted molar refractivity (Wildman–Crippen MR) is 130 cm³/mol. The van der Waals surface area contributed by atoms with E-state index in [1.54, 1.807) is 30.3 Å². The largest absolute Gasteiger partial charge is 0.490 e. The fourth-order valence-corrected chi connectivity index (χ4v) is 3.57. The van der Waals surface area contributed by atoms with Crippen LogP contribution in [0.1, 0.15) is 38.3 Å². The maximum Gasteiger partial charge on any atom is 0.329 e. The summed E-state index contributed by atoms with van der Waals surface area (Å²) in [6, 6.07) is 8.57. The highest BCUT2D eigenvalue weighted by molar-refractivity contribution is 9.10. The number of hydrazone groups is 1. The van der Waals surface area contributed by atoms with E-state index in [1.165, 1.54) is 6.21 Å². The molecule has 0 fully saturated rings. The van der Waals surface area contributed by atoms with Gasteiger partial charge in [-0.05, 0) is 66.0 Å². The van der Waals surface area contributed by atoms with Gasteiger partial charge in [0, 0.05) is 21.7 Å². The second-order valence-electron chi connectivity index (χ2n) is 6.73. The molecular weight excluding hydrogens is 521 g/mol. The van der Waals surface area contributed by atoms with E-state index in [9.17, 15) is 9.59 Å². The maximum atomic E-state index is 11.8. The number of carbonyl (C=O) groups excluding carboxylic acids is 2. The van der Waals surface area contributed by atoms with Crippen LogP contribution in [0.4, 0.5) is 0 Å². The van der Waals surface area contributed by atoms with Gasteiger partial charge < -0.3 is 14.8 Å². The van der Waals surface area contributed by atoms with Crippen molar-refractivity contribution in [2.45, 2.75) is 39.8 Å². The minimum atomic E-state index is -0.845. The first-order valence-corrected chi connectivity index (χ1v) is 11.5. The fourth-order valence-electron chi connectivity index (χ4n) is 2.49. The van der Waals surface area contributed by atoms with Gasteiger partial charge >= 0.3 is 11.8 Å². The number of benzene rings is 2. The van der Waals surface area contributed by atoms with Crippen LogP contribution in [0.25, 0.3) is 0 Å². The number of nitrogens with zero attached hydrogens (tertiary/aromatic N) is 1. The molecule has 0 spiro atoms. The summed E-state index contributed by atoms with van der Waals surface area (Å²) in [5.41, 5.74) is 3.48. The average molecular weight is 545 g/mol. The van der Waals surface area contributed by atoms with E-state index in [1.807, 2.05) is 20.8 Å². The Morgan fingerprint density at radius 3 is 2.47 bits per heavy atom. The van der Waals surface area contributed by atoms with Crippen molar-refractivity contribution in [3.8, 4) is 11.5 Å². The molecule has 0 bridgehead atoms. The Hall–Kier alpha value is -2.29. The molecule has 0 saturated carbocycles. The van der Waals surface area contributed by atoms with Gasteiger partial charge in [-0.15, -0.1) is 0 Å². The number of hydrogen-bond donors (Lipinski definition) is 2. The second-order valence-corrected chi connectivity index (χ2v) is 8.40. The molecule has 2 amide bonds. The minimum absolute atomic E-state index is 0.102. The maximum absolute atomic E-state index is 11.8. The Labute approximate surface area is 205 Å². The van der Waals surface area contributed by atoms with Crippen molar-refractivity contribution in [2.75, 3.05) is 6.61 Å². The lowest BCUT2D eigenvalue weighted by Gasteiger charge is -2.15. The second kappa shape index (κ2) is 12.7. The van der Waals surface area contributed by atoms with Crippen LogP contribution in [0.3, 0.4) is 0 Å². The molecule has 0 aromatic heterocycles. The average Bonchev–Trinajstić information content (AvgIpc) is 2.74. The summed E-state index contributed by atoms with van der Waals surface area (Å²) in [5.74, 6) is -0.652. The van der Waals surface area contributed by atoms with Gasteiger partial charge in [0.25, 0.3) is 0 Å². The lowest BCUT2D eigenvalue weighted by atomic mass is 10.2. The molecule has 0 aliphatic heterocycles. The van der Waals surface area contributed by atoms with Gasteiger partial charge in [-0.3, -0.25) is 9.59 Å². The summed E-state index contributed by atoms with van der Waals surface area (Å²) in [4.78, 5) is 23.6. The van der Waals surface area contributed by atoms with Crippen LogP contribution >= 0.6 is 39.1 Å². The molecule has 2 rings (SSSR count). The smallest absolute Gasteiger partial charge is 0.329 e. The van der Waals surface area contributed by atoms with E-state index in [-0.39, 0.29) is 12.6 Å². The normalized spacial score (nSPS) is 11.8. The summed E-state index contributed by atoms with van der Waals surface area (Å²) in [6.45, 7) is 6.12. The molecule has 7 nitrogen and oxygen atoms in total. The van der Waals surface area contributed by atoms with Crippen molar-refractivity contribution < 1.29 is 19.1 Å².